The number of rotatable bonds is 7. The summed E-state index contributed by atoms with van der Waals surface area (Å²) in [6.07, 6.45) is 0. The third kappa shape index (κ3) is 4.68. The van der Waals surface area contributed by atoms with Crippen LogP contribution < -0.4 is 5.32 Å². The molecule has 1 N–H and O–H groups in total. The van der Waals surface area contributed by atoms with E-state index in [0.717, 1.165) is 22.8 Å². The normalized spacial score (nSPS) is 12.1. The van der Waals surface area contributed by atoms with Crippen molar-refractivity contribution in [3.05, 3.63) is 52.7 Å². The summed E-state index contributed by atoms with van der Waals surface area (Å²) in [7, 11) is 0. The standard InChI is InChI=1S/C20H17F2N5OS3/c1-3-27-17(16-5-4-8-29-16)25-26-20(27)31-11(2)18(28)24-19-23-15(10-30-19)12-6-7-13(21)14(22)9-12/h4-11H,3H2,1-2H3,(H,23,24,28). The number of thiazole rings is 1. The quantitative estimate of drug-likeness (QED) is 0.354. The van der Waals surface area contributed by atoms with Gasteiger partial charge >= 0.3 is 0 Å². The Labute approximate surface area is 189 Å². The number of amides is 1. The zero-order chi connectivity index (χ0) is 22.0. The zero-order valence-electron chi connectivity index (χ0n) is 16.5. The molecule has 3 heterocycles. The van der Waals surface area contributed by atoms with Gasteiger partial charge in [-0.15, -0.1) is 32.9 Å². The predicted molar refractivity (Wildman–Crippen MR) is 120 cm³/mol. The molecule has 0 radical (unpaired) electrons. The van der Waals surface area contributed by atoms with E-state index < -0.39 is 16.9 Å². The van der Waals surface area contributed by atoms with Crippen LogP contribution in [0.25, 0.3) is 22.0 Å². The third-order valence-corrected chi connectivity index (χ3v) is 7.08. The molecule has 0 saturated heterocycles. The Bertz CT molecular complexity index is 1210. The molecule has 0 aliphatic carbocycles. The minimum absolute atomic E-state index is 0.237. The highest BCUT2D eigenvalue weighted by Crippen LogP contribution is 2.30. The number of thiophene rings is 1. The Hall–Kier alpha value is -2.63. The second kappa shape index (κ2) is 9.25. The molecule has 31 heavy (non-hydrogen) atoms. The molecule has 3 aromatic heterocycles. The van der Waals surface area contributed by atoms with Crippen molar-refractivity contribution >= 4 is 45.5 Å². The van der Waals surface area contributed by atoms with Gasteiger partial charge in [0, 0.05) is 17.5 Å². The molecule has 0 bridgehead atoms. The SMILES string of the molecule is CCn1c(SC(C)C(=O)Nc2nc(-c3ccc(F)c(F)c3)cs2)nnc1-c1cccs1. The molecule has 0 fully saturated rings. The fourth-order valence-corrected chi connectivity index (χ4v) is 5.14. The largest absolute Gasteiger partial charge is 0.302 e. The van der Waals surface area contributed by atoms with Crippen LogP contribution in [0.1, 0.15) is 13.8 Å². The van der Waals surface area contributed by atoms with Gasteiger partial charge in [-0.2, -0.15) is 0 Å². The van der Waals surface area contributed by atoms with Crippen LogP contribution >= 0.6 is 34.4 Å². The summed E-state index contributed by atoms with van der Waals surface area (Å²) in [5.41, 5.74) is 0.904. The maximum Gasteiger partial charge on any atom is 0.239 e. The smallest absolute Gasteiger partial charge is 0.239 e. The summed E-state index contributed by atoms with van der Waals surface area (Å²) < 4.78 is 28.6. The molecule has 0 aliphatic heterocycles. The molecule has 1 aromatic carbocycles. The lowest BCUT2D eigenvalue weighted by Gasteiger charge is -2.11. The molecule has 4 aromatic rings. The van der Waals surface area contributed by atoms with Crippen LogP contribution in [0.4, 0.5) is 13.9 Å². The van der Waals surface area contributed by atoms with Crippen LogP contribution in [0.3, 0.4) is 0 Å². The Morgan fingerprint density at radius 1 is 1.23 bits per heavy atom. The van der Waals surface area contributed by atoms with Gasteiger partial charge in [-0.05, 0) is 43.5 Å². The number of thioether (sulfide) groups is 1. The van der Waals surface area contributed by atoms with Gasteiger partial charge < -0.3 is 9.88 Å². The molecule has 1 atom stereocenters. The number of aromatic nitrogens is 4. The van der Waals surface area contributed by atoms with E-state index in [0.29, 0.717) is 28.1 Å². The van der Waals surface area contributed by atoms with Gasteiger partial charge in [0.05, 0.1) is 15.8 Å². The second-order valence-electron chi connectivity index (χ2n) is 6.44. The molecule has 4 rings (SSSR count). The van der Waals surface area contributed by atoms with Crippen molar-refractivity contribution in [3.8, 4) is 22.0 Å². The highest BCUT2D eigenvalue weighted by atomic mass is 32.2. The summed E-state index contributed by atoms with van der Waals surface area (Å²) in [5.74, 6) is -1.31. The highest BCUT2D eigenvalue weighted by Gasteiger charge is 2.21. The lowest BCUT2D eigenvalue weighted by Crippen LogP contribution is -2.22. The van der Waals surface area contributed by atoms with E-state index in [1.54, 1.807) is 23.6 Å². The van der Waals surface area contributed by atoms with E-state index in [-0.39, 0.29) is 5.91 Å². The maximum atomic E-state index is 13.5. The van der Waals surface area contributed by atoms with E-state index in [1.807, 2.05) is 29.0 Å². The number of anilines is 1. The second-order valence-corrected chi connectivity index (χ2v) is 9.56. The number of nitrogens with one attached hydrogen (secondary N) is 1. The molecule has 0 spiro atoms. The molecule has 0 saturated carbocycles. The van der Waals surface area contributed by atoms with E-state index in [9.17, 15) is 13.6 Å². The minimum Gasteiger partial charge on any atom is -0.302 e. The monoisotopic (exact) mass is 477 g/mol. The number of benzene rings is 1. The van der Waals surface area contributed by atoms with Crippen molar-refractivity contribution in [2.24, 2.45) is 0 Å². The summed E-state index contributed by atoms with van der Waals surface area (Å²) in [6, 6.07) is 7.52. The van der Waals surface area contributed by atoms with Gasteiger partial charge in [0.1, 0.15) is 0 Å². The lowest BCUT2D eigenvalue weighted by atomic mass is 10.2. The van der Waals surface area contributed by atoms with Crippen LogP contribution in [0.15, 0.2) is 46.2 Å². The number of carbonyl (C=O) groups excluding carboxylic acids is 1. The topological polar surface area (TPSA) is 72.7 Å². The van der Waals surface area contributed by atoms with Gasteiger partial charge in [-0.1, -0.05) is 17.8 Å². The third-order valence-electron chi connectivity index (χ3n) is 4.38. The first kappa shape index (κ1) is 21.6. The predicted octanol–water partition coefficient (Wildman–Crippen LogP) is 5.55. The summed E-state index contributed by atoms with van der Waals surface area (Å²) in [5, 5.41) is 15.6. The van der Waals surface area contributed by atoms with Crippen molar-refractivity contribution in [1.82, 2.24) is 19.7 Å². The van der Waals surface area contributed by atoms with E-state index in [1.165, 1.54) is 29.2 Å². The van der Waals surface area contributed by atoms with Crippen molar-refractivity contribution < 1.29 is 13.6 Å². The van der Waals surface area contributed by atoms with E-state index in [4.69, 9.17) is 0 Å². The van der Waals surface area contributed by atoms with Crippen molar-refractivity contribution in [1.29, 1.82) is 0 Å². The Morgan fingerprint density at radius 3 is 2.77 bits per heavy atom. The molecule has 1 amide bonds. The van der Waals surface area contributed by atoms with Gasteiger partial charge in [0.25, 0.3) is 0 Å². The average Bonchev–Trinajstić information content (AvgIpc) is 3.50. The van der Waals surface area contributed by atoms with Crippen molar-refractivity contribution in [2.75, 3.05) is 5.32 Å². The summed E-state index contributed by atoms with van der Waals surface area (Å²) >= 11 is 4.12. The first-order valence-electron chi connectivity index (χ1n) is 9.31. The van der Waals surface area contributed by atoms with E-state index >= 15 is 0 Å². The van der Waals surface area contributed by atoms with Crippen LogP contribution in [-0.4, -0.2) is 30.9 Å². The van der Waals surface area contributed by atoms with Crippen molar-refractivity contribution in [2.45, 2.75) is 30.8 Å². The lowest BCUT2D eigenvalue weighted by molar-refractivity contribution is -0.115. The molecule has 6 nitrogen and oxygen atoms in total. The van der Waals surface area contributed by atoms with Crippen LogP contribution in [-0.2, 0) is 11.3 Å². The number of carbonyl (C=O) groups is 1. The Kier molecular flexibility index (Phi) is 6.44. The summed E-state index contributed by atoms with van der Waals surface area (Å²) in [4.78, 5) is 18.0. The first-order chi connectivity index (χ1) is 15.0. The van der Waals surface area contributed by atoms with Gasteiger partial charge in [-0.25, -0.2) is 13.8 Å². The highest BCUT2D eigenvalue weighted by molar-refractivity contribution is 8.00. The number of hydrogen-bond donors (Lipinski definition) is 1. The van der Waals surface area contributed by atoms with Crippen molar-refractivity contribution in [3.63, 3.8) is 0 Å². The minimum atomic E-state index is -0.942. The molecule has 1 unspecified atom stereocenters. The summed E-state index contributed by atoms with van der Waals surface area (Å²) in [6.45, 7) is 4.47. The van der Waals surface area contributed by atoms with Crippen LogP contribution in [0.2, 0.25) is 0 Å². The van der Waals surface area contributed by atoms with Crippen LogP contribution in [0.5, 0.6) is 0 Å². The average molecular weight is 478 g/mol. The Balaban J connectivity index is 1.44. The molecule has 160 valence electrons. The fraction of sp³-hybridized carbons (Fsp3) is 0.200. The molecular weight excluding hydrogens is 460 g/mol. The van der Waals surface area contributed by atoms with Gasteiger partial charge in [-0.3, -0.25) is 4.79 Å². The molecule has 11 heteroatoms. The first-order valence-corrected chi connectivity index (χ1v) is 12.0. The van der Waals surface area contributed by atoms with Crippen LogP contribution in [0, 0.1) is 11.6 Å². The molecule has 0 aliphatic rings. The van der Waals surface area contributed by atoms with Gasteiger partial charge in [0.2, 0.25) is 5.91 Å². The Morgan fingerprint density at radius 2 is 2.06 bits per heavy atom. The number of halogens is 2. The molecular formula is C20H17F2N5OS3. The maximum absolute atomic E-state index is 13.5. The fourth-order valence-electron chi connectivity index (χ4n) is 2.79. The number of hydrogen-bond acceptors (Lipinski definition) is 7. The van der Waals surface area contributed by atoms with E-state index in [2.05, 4.69) is 20.5 Å². The number of nitrogens with zero attached hydrogens (tertiary/aromatic N) is 4. The van der Waals surface area contributed by atoms with Gasteiger partial charge in [0.15, 0.2) is 27.7 Å². The zero-order valence-corrected chi connectivity index (χ0v) is 19.0.